The zero-order chi connectivity index (χ0) is 11.0. The monoisotopic (exact) mass is 233 g/mol. The first-order chi connectivity index (χ1) is 7.83. The van der Waals surface area contributed by atoms with Gasteiger partial charge in [-0.05, 0) is 18.1 Å². The maximum absolute atomic E-state index is 5.70. The van der Waals surface area contributed by atoms with Gasteiger partial charge in [0.05, 0.1) is 12.5 Å². The van der Waals surface area contributed by atoms with E-state index >= 15 is 0 Å². The average molecular weight is 233 g/mol. The summed E-state index contributed by atoms with van der Waals surface area (Å²) in [7, 11) is 0. The average Bonchev–Trinajstić information content (AvgIpc) is 2.75. The van der Waals surface area contributed by atoms with E-state index in [1.165, 1.54) is 16.9 Å². The number of rotatable bonds is 1. The molecule has 0 fully saturated rings. The van der Waals surface area contributed by atoms with E-state index in [0.29, 0.717) is 11.7 Å². The Hall–Kier alpha value is -1.62. The largest absolute Gasteiger partial charge is 0.493 e. The van der Waals surface area contributed by atoms with Gasteiger partial charge in [0.25, 0.3) is 0 Å². The Morgan fingerprint density at radius 2 is 2.19 bits per heavy atom. The summed E-state index contributed by atoms with van der Waals surface area (Å²) in [6, 6.07) is 8.10. The van der Waals surface area contributed by atoms with Crippen molar-refractivity contribution in [3.8, 4) is 5.75 Å². The summed E-state index contributed by atoms with van der Waals surface area (Å²) >= 11 is 1.44. The lowest BCUT2D eigenvalue weighted by atomic mass is 9.97. The SMILES string of the molecule is Nc1nnc(C2COc3ccccc3C2)s1. The van der Waals surface area contributed by atoms with Gasteiger partial charge in [-0.2, -0.15) is 0 Å². The molecule has 2 heterocycles. The van der Waals surface area contributed by atoms with Crippen molar-refractivity contribution in [2.45, 2.75) is 12.3 Å². The van der Waals surface area contributed by atoms with Gasteiger partial charge in [0.1, 0.15) is 10.8 Å². The molecule has 1 aromatic carbocycles. The van der Waals surface area contributed by atoms with Gasteiger partial charge in [0.2, 0.25) is 5.13 Å². The Kier molecular flexibility index (Phi) is 2.25. The molecule has 4 nitrogen and oxygen atoms in total. The van der Waals surface area contributed by atoms with Gasteiger partial charge in [-0.3, -0.25) is 0 Å². The summed E-state index contributed by atoms with van der Waals surface area (Å²) in [4.78, 5) is 0. The van der Waals surface area contributed by atoms with Crippen LogP contribution in [0.1, 0.15) is 16.5 Å². The summed E-state index contributed by atoms with van der Waals surface area (Å²) < 4.78 is 5.70. The van der Waals surface area contributed by atoms with Crippen LogP contribution >= 0.6 is 11.3 Å². The van der Waals surface area contributed by atoms with Gasteiger partial charge in [-0.25, -0.2) is 0 Å². The van der Waals surface area contributed by atoms with Gasteiger partial charge < -0.3 is 10.5 Å². The predicted octanol–water partition coefficient (Wildman–Crippen LogP) is 1.84. The second-order valence-corrected chi connectivity index (χ2v) is 4.84. The highest BCUT2D eigenvalue weighted by Crippen LogP contribution is 2.33. The van der Waals surface area contributed by atoms with E-state index in [1.807, 2.05) is 18.2 Å². The van der Waals surface area contributed by atoms with Crippen molar-refractivity contribution in [2.75, 3.05) is 12.3 Å². The molecule has 1 atom stereocenters. The highest BCUT2D eigenvalue weighted by molar-refractivity contribution is 7.15. The smallest absolute Gasteiger partial charge is 0.203 e. The molecule has 2 aromatic rings. The Morgan fingerprint density at radius 3 is 3.00 bits per heavy atom. The molecule has 16 heavy (non-hydrogen) atoms. The van der Waals surface area contributed by atoms with Crippen molar-refractivity contribution in [3.63, 3.8) is 0 Å². The van der Waals surface area contributed by atoms with Crippen LogP contribution in [0, 0.1) is 0 Å². The third-order valence-corrected chi connectivity index (χ3v) is 3.60. The molecule has 1 aliphatic heterocycles. The molecule has 0 radical (unpaired) electrons. The van der Waals surface area contributed by atoms with Crippen molar-refractivity contribution < 1.29 is 4.74 Å². The van der Waals surface area contributed by atoms with E-state index in [-0.39, 0.29) is 5.92 Å². The van der Waals surface area contributed by atoms with E-state index < -0.39 is 0 Å². The first-order valence-corrected chi connectivity index (χ1v) is 5.94. The Morgan fingerprint density at radius 1 is 1.31 bits per heavy atom. The number of anilines is 1. The fourth-order valence-electron chi connectivity index (χ4n) is 1.90. The number of ether oxygens (including phenoxy) is 1. The zero-order valence-corrected chi connectivity index (χ0v) is 9.41. The van der Waals surface area contributed by atoms with Crippen LogP contribution in [0.3, 0.4) is 0 Å². The van der Waals surface area contributed by atoms with Crippen molar-refractivity contribution in [1.29, 1.82) is 0 Å². The minimum absolute atomic E-state index is 0.282. The van der Waals surface area contributed by atoms with Gasteiger partial charge in [0, 0.05) is 0 Å². The topological polar surface area (TPSA) is 61.0 Å². The van der Waals surface area contributed by atoms with Crippen molar-refractivity contribution in [1.82, 2.24) is 10.2 Å². The molecule has 2 N–H and O–H groups in total. The molecule has 1 aliphatic rings. The number of nitrogens with two attached hydrogens (primary N) is 1. The number of hydrogen-bond donors (Lipinski definition) is 1. The van der Waals surface area contributed by atoms with E-state index in [1.54, 1.807) is 0 Å². The summed E-state index contributed by atoms with van der Waals surface area (Å²) in [5, 5.41) is 9.40. The van der Waals surface area contributed by atoms with Crippen LogP contribution in [0.15, 0.2) is 24.3 Å². The fraction of sp³-hybridized carbons (Fsp3) is 0.273. The zero-order valence-electron chi connectivity index (χ0n) is 8.59. The highest BCUT2D eigenvalue weighted by atomic mass is 32.1. The standard InChI is InChI=1S/C11H11N3OS/c12-11-14-13-10(16-11)8-5-7-3-1-2-4-9(7)15-6-8/h1-4,8H,5-6H2,(H2,12,14). The lowest BCUT2D eigenvalue weighted by Gasteiger charge is -2.23. The molecule has 82 valence electrons. The Bertz CT molecular complexity index is 511. The molecule has 0 amide bonds. The van der Waals surface area contributed by atoms with Crippen molar-refractivity contribution >= 4 is 16.5 Å². The lowest BCUT2D eigenvalue weighted by molar-refractivity contribution is 0.262. The normalized spacial score (nSPS) is 18.9. The number of fused-ring (bicyclic) bond motifs is 1. The van der Waals surface area contributed by atoms with Crippen LogP contribution in [0.2, 0.25) is 0 Å². The van der Waals surface area contributed by atoms with Crippen molar-refractivity contribution in [2.24, 2.45) is 0 Å². The molecule has 0 saturated heterocycles. The molecule has 0 bridgehead atoms. The molecule has 0 spiro atoms. The molecular formula is C11H11N3OS. The number of nitrogens with zero attached hydrogens (tertiary/aromatic N) is 2. The van der Waals surface area contributed by atoms with Crippen LogP contribution in [-0.2, 0) is 6.42 Å². The van der Waals surface area contributed by atoms with E-state index in [4.69, 9.17) is 10.5 Å². The van der Waals surface area contributed by atoms with Crippen LogP contribution in [0.4, 0.5) is 5.13 Å². The lowest BCUT2D eigenvalue weighted by Crippen LogP contribution is -2.18. The summed E-state index contributed by atoms with van der Waals surface area (Å²) in [6.45, 7) is 0.658. The number of hydrogen-bond acceptors (Lipinski definition) is 5. The van der Waals surface area contributed by atoms with Crippen LogP contribution in [-0.4, -0.2) is 16.8 Å². The minimum atomic E-state index is 0.282. The van der Waals surface area contributed by atoms with Gasteiger partial charge >= 0.3 is 0 Å². The third kappa shape index (κ3) is 1.63. The minimum Gasteiger partial charge on any atom is -0.493 e. The maximum Gasteiger partial charge on any atom is 0.203 e. The van der Waals surface area contributed by atoms with Crippen LogP contribution in [0.5, 0.6) is 5.75 Å². The molecule has 0 saturated carbocycles. The van der Waals surface area contributed by atoms with Gasteiger partial charge in [0.15, 0.2) is 0 Å². The second-order valence-electron chi connectivity index (χ2n) is 3.80. The van der Waals surface area contributed by atoms with Gasteiger partial charge in [-0.1, -0.05) is 29.5 Å². The highest BCUT2D eigenvalue weighted by Gasteiger charge is 2.23. The summed E-state index contributed by atoms with van der Waals surface area (Å²) in [5.41, 5.74) is 6.81. The maximum atomic E-state index is 5.70. The van der Waals surface area contributed by atoms with Crippen LogP contribution < -0.4 is 10.5 Å². The number of benzene rings is 1. The third-order valence-electron chi connectivity index (χ3n) is 2.68. The molecule has 1 aromatic heterocycles. The second kappa shape index (κ2) is 3.75. The van der Waals surface area contributed by atoms with Crippen molar-refractivity contribution in [3.05, 3.63) is 34.8 Å². The van der Waals surface area contributed by atoms with E-state index in [9.17, 15) is 0 Å². The number of para-hydroxylation sites is 1. The molecule has 1 unspecified atom stereocenters. The molecule has 3 rings (SSSR count). The fourth-order valence-corrected chi connectivity index (χ4v) is 2.59. The first-order valence-electron chi connectivity index (χ1n) is 5.12. The first kappa shape index (κ1) is 9.59. The summed E-state index contributed by atoms with van der Waals surface area (Å²) in [6.07, 6.45) is 0.949. The van der Waals surface area contributed by atoms with E-state index in [0.717, 1.165) is 17.2 Å². The predicted molar refractivity (Wildman–Crippen MR) is 62.7 cm³/mol. The Balaban J connectivity index is 1.88. The molecule has 0 aliphatic carbocycles. The van der Waals surface area contributed by atoms with Crippen LogP contribution in [0.25, 0.3) is 0 Å². The van der Waals surface area contributed by atoms with E-state index in [2.05, 4.69) is 16.3 Å². The molecule has 5 heteroatoms. The number of nitrogen functional groups attached to an aromatic ring is 1. The summed E-state index contributed by atoms with van der Waals surface area (Å²) in [5.74, 6) is 1.26. The quantitative estimate of drug-likeness (QED) is 0.816. The van der Waals surface area contributed by atoms with Gasteiger partial charge in [-0.15, -0.1) is 10.2 Å². The number of aromatic nitrogens is 2. The Labute approximate surface area is 97.1 Å². The molecular weight excluding hydrogens is 222 g/mol.